The monoisotopic (exact) mass is 289 g/mol. The number of esters is 1. The van der Waals surface area contributed by atoms with E-state index < -0.39 is 5.54 Å². The van der Waals surface area contributed by atoms with Gasteiger partial charge in [0, 0.05) is 17.1 Å². The summed E-state index contributed by atoms with van der Waals surface area (Å²) < 4.78 is 5.23. The van der Waals surface area contributed by atoms with E-state index in [1.165, 1.54) is 0 Å². The number of hydrogen-bond donors (Lipinski definition) is 2. The molecule has 0 saturated heterocycles. The van der Waals surface area contributed by atoms with Crippen LogP contribution in [-0.2, 0) is 9.53 Å². The average molecular weight is 289 g/mol. The fourth-order valence-corrected chi connectivity index (χ4v) is 4.25. The SMILES string of the molecule is CCNC1(C(=O)OCC)CCC(SC(C)CCO)C1. The fraction of sp³-hybridized carbons (Fsp3) is 0.929. The number of hydrogen-bond acceptors (Lipinski definition) is 5. The van der Waals surface area contributed by atoms with Crippen LogP contribution in [-0.4, -0.2) is 46.9 Å². The summed E-state index contributed by atoms with van der Waals surface area (Å²) in [6, 6.07) is 0. The summed E-state index contributed by atoms with van der Waals surface area (Å²) in [6.45, 7) is 7.46. The van der Waals surface area contributed by atoms with Crippen LogP contribution in [0.5, 0.6) is 0 Å². The molecule has 3 unspecified atom stereocenters. The van der Waals surface area contributed by atoms with Gasteiger partial charge in [-0.25, -0.2) is 0 Å². The summed E-state index contributed by atoms with van der Waals surface area (Å²) in [4.78, 5) is 12.2. The Hall–Kier alpha value is -0.260. The van der Waals surface area contributed by atoms with Crippen LogP contribution in [0.15, 0.2) is 0 Å². The quantitative estimate of drug-likeness (QED) is 0.669. The van der Waals surface area contributed by atoms with Crippen molar-refractivity contribution in [2.24, 2.45) is 0 Å². The second-order valence-electron chi connectivity index (χ2n) is 5.16. The Labute approximate surface area is 120 Å². The topological polar surface area (TPSA) is 58.6 Å². The Bertz CT molecular complexity index is 288. The standard InChI is InChI=1S/C14H27NO3S/c1-4-15-14(13(17)18-5-2)8-6-12(10-14)19-11(3)7-9-16/h11-12,15-16H,4-10H2,1-3H3. The molecule has 1 rings (SSSR count). The first kappa shape index (κ1) is 16.8. The van der Waals surface area contributed by atoms with Crippen molar-refractivity contribution < 1.29 is 14.6 Å². The normalized spacial score (nSPS) is 28.3. The van der Waals surface area contributed by atoms with Crippen molar-refractivity contribution in [3.8, 4) is 0 Å². The molecule has 0 bridgehead atoms. The summed E-state index contributed by atoms with van der Waals surface area (Å²) in [5.41, 5.74) is -0.485. The van der Waals surface area contributed by atoms with E-state index >= 15 is 0 Å². The van der Waals surface area contributed by atoms with Crippen molar-refractivity contribution in [3.63, 3.8) is 0 Å². The van der Waals surface area contributed by atoms with Crippen molar-refractivity contribution in [2.75, 3.05) is 19.8 Å². The molecule has 0 radical (unpaired) electrons. The zero-order valence-corrected chi connectivity index (χ0v) is 13.1. The predicted molar refractivity (Wildman–Crippen MR) is 79.4 cm³/mol. The van der Waals surface area contributed by atoms with Gasteiger partial charge in [0.25, 0.3) is 0 Å². The highest BCUT2D eigenvalue weighted by Crippen LogP contribution is 2.40. The molecule has 2 N–H and O–H groups in total. The van der Waals surface area contributed by atoms with Crippen LogP contribution < -0.4 is 5.32 Å². The zero-order chi connectivity index (χ0) is 14.3. The van der Waals surface area contributed by atoms with E-state index in [1.807, 2.05) is 25.6 Å². The van der Waals surface area contributed by atoms with Gasteiger partial charge in [-0.3, -0.25) is 4.79 Å². The molecular formula is C14H27NO3S. The molecule has 3 atom stereocenters. The highest BCUT2D eigenvalue weighted by Gasteiger charge is 2.46. The van der Waals surface area contributed by atoms with Crippen LogP contribution in [0.25, 0.3) is 0 Å². The number of aliphatic hydroxyl groups excluding tert-OH is 1. The summed E-state index contributed by atoms with van der Waals surface area (Å²) in [5, 5.41) is 13.2. The lowest BCUT2D eigenvalue weighted by Crippen LogP contribution is -2.51. The van der Waals surface area contributed by atoms with E-state index in [9.17, 15) is 4.79 Å². The Kier molecular flexibility index (Phi) is 7.18. The molecule has 1 saturated carbocycles. The van der Waals surface area contributed by atoms with Crippen LogP contribution in [0, 0.1) is 0 Å². The molecule has 0 aromatic carbocycles. The number of carbonyl (C=O) groups is 1. The van der Waals surface area contributed by atoms with Gasteiger partial charge in [0.1, 0.15) is 5.54 Å². The van der Waals surface area contributed by atoms with E-state index in [0.29, 0.717) is 17.1 Å². The van der Waals surface area contributed by atoms with Gasteiger partial charge in [0.15, 0.2) is 0 Å². The third-order valence-electron chi connectivity index (χ3n) is 3.61. The minimum Gasteiger partial charge on any atom is -0.465 e. The van der Waals surface area contributed by atoms with E-state index in [2.05, 4.69) is 12.2 Å². The fourth-order valence-electron chi connectivity index (χ4n) is 2.72. The summed E-state index contributed by atoms with van der Waals surface area (Å²) in [7, 11) is 0. The smallest absolute Gasteiger partial charge is 0.326 e. The number of aliphatic hydroxyl groups is 1. The third kappa shape index (κ3) is 4.65. The second kappa shape index (κ2) is 8.12. The maximum Gasteiger partial charge on any atom is 0.326 e. The van der Waals surface area contributed by atoms with E-state index in [1.54, 1.807) is 0 Å². The van der Waals surface area contributed by atoms with Gasteiger partial charge in [-0.2, -0.15) is 11.8 Å². The van der Waals surface area contributed by atoms with Crippen molar-refractivity contribution in [2.45, 2.75) is 62.5 Å². The number of thioether (sulfide) groups is 1. The Balaban J connectivity index is 2.59. The second-order valence-corrected chi connectivity index (χ2v) is 6.90. The molecule has 5 heteroatoms. The lowest BCUT2D eigenvalue weighted by molar-refractivity contribution is -0.151. The first-order valence-corrected chi connectivity index (χ1v) is 8.20. The molecular weight excluding hydrogens is 262 g/mol. The van der Waals surface area contributed by atoms with Gasteiger partial charge in [-0.1, -0.05) is 13.8 Å². The molecule has 4 nitrogen and oxygen atoms in total. The zero-order valence-electron chi connectivity index (χ0n) is 12.3. The average Bonchev–Trinajstić information content (AvgIpc) is 2.75. The number of ether oxygens (including phenoxy) is 1. The van der Waals surface area contributed by atoms with Gasteiger partial charge in [0.2, 0.25) is 0 Å². The molecule has 0 heterocycles. The van der Waals surface area contributed by atoms with Crippen molar-refractivity contribution in [1.29, 1.82) is 0 Å². The summed E-state index contributed by atoms with van der Waals surface area (Å²) in [6.07, 6.45) is 3.53. The van der Waals surface area contributed by atoms with Crippen LogP contribution in [0.1, 0.15) is 46.5 Å². The summed E-state index contributed by atoms with van der Waals surface area (Å²) >= 11 is 1.89. The Morgan fingerprint density at radius 1 is 1.58 bits per heavy atom. The van der Waals surface area contributed by atoms with Gasteiger partial charge in [-0.15, -0.1) is 0 Å². The molecule has 0 aliphatic heterocycles. The minimum atomic E-state index is -0.485. The first-order valence-electron chi connectivity index (χ1n) is 7.26. The van der Waals surface area contributed by atoms with Crippen LogP contribution in [0.3, 0.4) is 0 Å². The highest BCUT2D eigenvalue weighted by molar-refractivity contribution is 8.00. The van der Waals surface area contributed by atoms with Crippen LogP contribution in [0.4, 0.5) is 0 Å². The van der Waals surface area contributed by atoms with Gasteiger partial charge < -0.3 is 15.2 Å². The van der Waals surface area contributed by atoms with Gasteiger partial charge >= 0.3 is 5.97 Å². The third-order valence-corrected chi connectivity index (χ3v) is 5.10. The molecule has 19 heavy (non-hydrogen) atoms. The van der Waals surface area contributed by atoms with Crippen molar-refractivity contribution >= 4 is 17.7 Å². The molecule has 0 aromatic rings. The molecule has 0 aromatic heterocycles. The first-order chi connectivity index (χ1) is 9.07. The number of rotatable bonds is 8. The Morgan fingerprint density at radius 3 is 2.89 bits per heavy atom. The molecule has 0 spiro atoms. The Morgan fingerprint density at radius 2 is 2.32 bits per heavy atom. The predicted octanol–water partition coefficient (Wildman–Crippen LogP) is 1.95. The van der Waals surface area contributed by atoms with Crippen molar-refractivity contribution in [3.05, 3.63) is 0 Å². The molecule has 112 valence electrons. The maximum absolute atomic E-state index is 12.2. The molecule has 0 amide bonds. The number of carbonyl (C=O) groups excluding carboxylic acids is 1. The van der Waals surface area contributed by atoms with E-state index in [-0.39, 0.29) is 12.6 Å². The molecule has 1 aliphatic carbocycles. The lowest BCUT2D eigenvalue weighted by Gasteiger charge is -2.28. The van der Waals surface area contributed by atoms with E-state index in [4.69, 9.17) is 9.84 Å². The van der Waals surface area contributed by atoms with Crippen LogP contribution in [0.2, 0.25) is 0 Å². The van der Waals surface area contributed by atoms with Gasteiger partial charge in [-0.05, 0) is 39.2 Å². The van der Waals surface area contributed by atoms with Gasteiger partial charge in [0.05, 0.1) is 6.61 Å². The molecule has 1 aliphatic rings. The molecule has 1 fully saturated rings. The minimum absolute atomic E-state index is 0.102. The number of likely N-dealkylation sites (N-methyl/N-ethyl adjacent to an activating group) is 1. The number of nitrogens with one attached hydrogen (secondary N) is 1. The summed E-state index contributed by atoms with van der Waals surface area (Å²) in [5.74, 6) is -0.102. The van der Waals surface area contributed by atoms with Crippen LogP contribution >= 0.6 is 11.8 Å². The highest BCUT2D eigenvalue weighted by atomic mass is 32.2. The lowest BCUT2D eigenvalue weighted by atomic mass is 9.98. The van der Waals surface area contributed by atoms with Crippen molar-refractivity contribution in [1.82, 2.24) is 5.32 Å². The maximum atomic E-state index is 12.2. The van der Waals surface area contributed by atoms with E-state index in [0.717, 1.165) is 32.2 Å². The largest absolute Gasteiger partial charge is 0.465 e.